The Balaban J connectivity index is 3.00. The number of carbonyl (C=O) groups excluding carboxylic acids is 2. The van der Waals surface area contributed by atoms with E-state index in [4.69, 9.17) is 0 Å². The van der Waals surface area contributed by atoms with E-state index in [1.54, 1.807) is 6.92 Å². The molecule has 1 N–H and O–H groups in total. The van der Waals surface area contributed by atoms with Crippen LogP contribution in [0.4, 0.5) is 4.39 Å². The van der Waals surface area contributed by atoms with Crippen LogP contribution >= 0.6 is 0 Å². The Hall–Kier alpha value is -2.11. The second-order valence-corrected chi connectivity index (χ2v) is 3.53. The third-order valence-electron chi connectivity index (χ3n) is 2.42. The molecule has 0 aliphatic carbocycles. The van der Waals surface area contributed by atoms with E-state index in [-0.39, 0.29) is 13.1 Å². The Labute approximate surface area is 104 Å². The molecule has 0 aliphatic heterocycles. The topological polar surface area (TPSA) is 66.8 Å². The number of methoxy groups -OCH3 is 1. The van der Waals surface area contributed by atoms with E-state index >= 15 is 0 Å². The molecule has 0 bridgehead atoms. The van der Waals surface area contributed by atoms with Crippen LogP contribution in [0, 0.1) is 5.82 Å². The number of halogens is 1. The van der Waals surface area contributed by atoms with E-state index in [2.05, 4.69) is 4.74 Å². The zero-order valence-electron chi connectivity index (χ0n) is 10.1. The van der Waals surface area contributed by atoms with Gasteiger partial charge in [-0.2, -0.15) is 0 Å². The maximum atomic E-state index is 13.5. The number of rotatable bonds is 4. The zero-order chi connectivity index (χ0) is 13.7. The van der Waals surface area contributed by atoms with E-state index in [9.17, 15) is 19.1 Å². The molecule has 1 aromatic rings. The highest BCUT2D eigenvalue weighted by atomic mass is 19.1. The van der Waals surface area contributed by atoms with Crippen LogP contribution in [0.2, 0.25) is 0 Å². The minimum Gasteiger partial charge on any atom is -0.507 e. The Morgan fingerprint density at radius 2 is 2.11 bits per heavy atom. The number of nitrogens with zero attached hydrogens (tertiary/aromatic N) is 1. The third-order valence-corrected chi connectivity index (χ3v) is 2.42. The summed E-state index contributed by atoms with van der Waals surface area (Å²) in [6.45, 7) is 1.54. The van der Waals surface area contributed by atoms with Crippen LogP contribution in [0.1, 0.15) is 17.3 Å². The van der Waals surface area contributed by atoms with Gasteiger partial charge in [-0.15, -0.1) is 0 Å². The summed E-state index contributed by atoms with van der Waals surface area (Å²) < 4.78 is 17.9. The molecule has 0 saturated carbocycles. The van der Waals surface area contributed by atoms with Crippen molar-refractivity contribution in [2.24, 2.45) is 0 Å². The van der Waals surface area contributed by atoms with E-state index < -0.39 is 29.0 Å². The van der Waals surface area contributed by atoms with Gasteiger partial charge in [0.1, 0.15) is 23.7 Å². The van der Waals surface area contributed by atoms with Gasteiger partial charge in [0.15, 0.2) is 0 Å². The number of ether oxygens (including phenoxy) is 1. The zero-order valence-corrected chi connectivity index (χ0v) is 10.1. The van der Waals surface area contributed by atoms with Crippen LogP contribution in [0.3, 0.4) is 0 Å². The summed E-state index contributed by atoms with van der Waals surface area (Å²) in [6.07, 6.45) is 0. The van der Waals surface area contributed by atoms with Gasteiger partial charge in [-0.1, -0.05) is 6.07 Å². The van der Waals surface area contributed by atoms with E-state index in [1.165, 1.54) is 19.2 Å². The van der Waals surface area contributed by atoms with Crippen LogP contribution in [0.25, 0.3) is 0 Å². The third kappa shape index (κ3) is 2.97. The highest BCUT2D eigenvalue weighted by Gasteiger charge is 2.23. The van der Waals surface area contributed by atoms with Crippen LogP contribution in [-0.4, -0.2) is 42.1 Å². The molecule has 18 heavy (non-hydrogen) atoms. The molecule has 1 aromatic carbocycles. The summed E-state index contributed by atoms with van der Waals surface area (Å²) in [7, 11) is 1.20. The minimum absolute atomic E-state index is 0.196. The van der Waals surface area contributed by atoms with Gasteiger partial charge < -0.3 is 14.7 Å². The van der Waals surface area contributed by atoms with Gasteiger partial charge in [0.25, 0.3) is 5.91 Å². The predicted molar refractivity (Wildman–Crippen MR) is 61.7 cm³/mol. The van der Waals surface area contributed by atoms with Crippen molar-refractivity contribution in [1.29, 1.82) is 0 Å². The molecule has 0 unspecified atom stereocenters. The Kier molecular flexibility index (Phi) is 4.65. The van der Waals surface area contributed by atoms with E-state index in [1.807, 2.05) is 0 Å². The first-order valence-corrected chi connectivity index (χ1v) is 5.34. The van der Waals surface area contributed by atoms with Crippen molar-refractivity contribution in [3.8, 4) is 5.75 Å². The molecule has 1 amide bonds. The molecule has 0 heterocycles. The second-order valence-electron chi connectivity index (χ2n) is 3.53. The van der Waals surface area contributed by atoms with Crippen LogP contribution in [0.15, 0.2) is 18.2 Å². The summed E-state index contributed by atoms with van der Waals surface area (Å²) in [6, 6.07) is 3.57. The van der Waals surface area contributed by atoms with Crippen molar-refractivity contribution in [1.82, 2.24) is 4.90 Å². The monoisotopic (exact) mass is 255 g/mol. The smallest absolute Gasteiger partial charge is 0.325 e. The first kappa shape index (κ1) is 14.0. The second kappa shape index (κ2) is 6.00. The minimum atomic E-state index is -0.830. The lowest BCUT2D eigenvalue weighted by Gasteiger charge is -2.20. The van der Waals surface area contributed by atoms with Crippen molar-refractivity contribution < 1.29 is 23.8 Å². The van der Waals surface area contributed by atoms with E-state index in [0.717, 1.165) is 11.0 Å². The van der Waals surface area contributed by atoms with Crippen molar-refractivity contribution in [3.05, 3.63) is 29.6 Å². The maximum absolute atomic E-state index is 13.5. The molecule has 0 fully saturated rings. The standard InChI is InChI=1S/C12H14FNO4/c1-3-14(7-10(16)18-2)12(17)11-8(13)5-4-6-9(11)15/h4-6,15H,3,7H2,1-2H3. The van der Waals surface area contributed by atoms with Gasteiger partial charge in [-0.25, -0.2) is 4.39 Å². The number of phenolic OH excluding ortho intramolecular Hbond substituents is 1. The van der Waals surface area contributed by atoms with Gasteiger partial charge in [0.2, 0.25) is 0 Å². The summed E-state index contributed by atoms with van der Waals surface area (Å²) in [5, 5.41) is 9.49. The summed E-state index contributed by atoms with van der Waals surface area (Å²) >= 11 is 0. The number of hydrogen-bond acceptors (Lipinski definition) is 4. The Bertz CT molecular complexity index is 441. The number of benzene rings is 1. The summed E-state index contributed by atoms with van der Waals surface area (Å²) in [5.74, 6) is -2.65. The van der Waals surface area contributed by atoms with Crippen molar-refractivity contribution in [2.75, 3.05) is 20.2 Å². The lowest BCUT2D eigenvalue weighted by molar-refractivity contribution is -0.141. The molecular weight excluding hydrogens is 241 g/mol. The number of amides is 1. The average Bonchev–Trinajstić information content (AvgIpc) is 2.35. The molecule has 0 spiro atoms. The number of hydrogen-bond donors (Lipinski definition) is 1. The van der Waals surface area contributed by atoms with Crippen LogP contribution < -0.4 is 0 Å². The Morgan fingerprint density at radius 1 is 1.44 bits per heavy atom. The number of phenols is 1. The quantitative estimate of drug-likeness (QED) is 0.820. The molecule has 0 aromatic heterocycles. The van der Waals surface area contributed by atoms with Gasteiger partial charge >= 0.3 is 5.97 Å². The lowest BCUT2D eigenvalue weighted by atomic mass is 10.1. The number of carbonyl (C=O) groups is 2. The van der Waals surface area contributed by atoms with Gasteiger partial charge in [-0.05, 0) is 19.1 Å². The first-order valence-electron chi connectivity index (χ1n) is 5.34. The van der Waals surface area contributed by atoms with Crippen molar-refractivity contribution >= 4 is 11.9 Å². The molecule has 0 saturated heterocycles. The SMILES string of the molecule is CCN(CC(=O)OC)C(=O)c1c(O)cccc1F. The molecule has 6 heteroatoms. The van der Waals surface area contributed by atoms with Crippen molar-refractivity contribution in [2.45, 2.75) is 6.92 Å². The predicted octanol–water partition coefficient (Wildman–Crippen LogP) is 1.17. The molecule has 0 radical (unpaired) electrons. The molecule has 5 nitrogen and oxygen atoms in total. The molecule has 0 atom stereocenters. The fourth-order valence-corrected chi connectivity index (χ4v) is 1.43. The fraction of sp³-hybridized carbons (Fsp3) is 0.333. The number of likely N-dealkylation sites (N-methyl/N-ethyl adjacent to an activating group) is 1. The summed E-state index contributed by atoms with van der Waals surface area (Å²) in [5.41, 5.74) is -0.441. The Morgan fingerprint density at radius 3 is 2.61 bits per heavy atom. The summed E-state index contributed by atoms with van der Waals surface area (Å²) in [4.78, 5) is 24.2. The fourth-order valence-electron chi connectivity index (χ4n) is 1.43. The van der Waals surface area contributed by atoms with Crippen LogP contribution in [-0.2, 0) is 9.53 Å². The largest absolute Gasteiger partial charge is 0.507 e. The molecular formula is C12H14FNO4. The first-order chi connectivity index (χ1) is 8.51. The maximum Gasteiger partial charge on any atom is 0.325 e. The van der Waals surface area contributed by atoms with Gasteiger partial charge in [-0.3, -0.25) is 9.59 Å². The molecule has 98 valence electrons. The van der Waals surface area contributed by atoms with Gasteiger partial charge in [0.05, 0.1) is 7.11 Å². The number of aromatic hydroxyl groups is 1. The number of esters is 1. The van der Waals surface area contributed by atoms with Crippen molar-refractivity contribution in [3.63, 3.8) is 0 Å². The molecule has 0 aliphatic rings. The highest BCUT2D eigenvalue weighted by Crippen LogP contribution is 2.21. The average molecular weight is 255 g/mol. The lowest BCUT2D eigenvalue weighted by Crippen LogP contribution is -2.36. The van der Waals surface area contributed by atoms with E-state index in [0.29, 0.717) is 0 Å². The normalized spacial score (nSPS) is 9.94. The highest BCUT2D eigenvalue weighted by molar-refractivity contribution is 5.98. The van der Waals surface area contributed by atoms with Crippen LogP contribution in [0.5, 0.6) is 5.75 Å². The molecule has 1 rings (SSSR count). The van der Waals surface area contributed by atoms with Gasteiger partial charge in [0, 0.05) is 6.54 Å².